The maximum atomic E-state index is 13.6. The molecule has 0 fully saturated rings. The van der Waals surface area contributed by atoms with E-state index in [1.54, 1.807) is 29.2 Å². The standard InChI is InChI=1S/C22H20FN5O/c1-22(2)11-16-18(17(29)12-22)19(13-3-5-15(23)6-4-13)28-21(25-16)26-20(27-28)14-7-9-24-10-8-14/h3-10,19H,11-12H2,1-2H3,(H,25,26,27). The normalized spacial score (nSPS) is 20.1. The highest BCUT2D eigenvalue weighted by molar-refractivity contribution is 6.00. The van der Waals surface area contributed by atoms with Crippen molar-refractivity contribution in [2.24, 2.45) is 5.41 Å². The van der Waals surface area contributed by atoms with Crippen molar-refractivity contribution in [1.82, 2.24) is 19.7 Å². The number of ketones is 1. The molecule has 0 amide bonds. The summed E-state index contributed by atoms with van der Waals surface area (Å²) in [7, 11) is 0. The fourth-order valence-corrected chi connectivity index (χ4v) is 4.19. The van der Waals surface area contributed by atoms with E-state index in [9.17, 15) is 9.18 Å². The number of carbonyl (C=O) groups excluding carboxylic acids is 1. The predicted octanol–water partition coefficient (Wildman–Crippen LogP) is 4.14. The van der Waals surface area contributed by atoms with Crippen LogP contribution in [-0.2, 0) is 4.79 Å². The van der Waals surface area contributed by atoms with Crippen molar-refractivity contribution in [3.8, 4) is 11.4 Å². The van der Waals surface area contributed by atoms with Crippen LogP contribution in [0.4, 0.5) is 10.3 Å². The second-order valence-electron chi connectivity index (χ2n) is 8.35. The number of benzene rings is 1. The fraction of sp³-hybridized carbons (Fsp3) is 0.273. The topological polar surface area (TPSA) is 72.7 Å². The Hall–Kier alpha value is -3.35. The monoisotopic (exact) mass is 389 g/mol. The van der Waals surface area contributed by atoms with Crippen LogP contribution in [0.15, 0.2) is 60.1 Å². The van der Waals surface area contributed by atoms with Crippen molar-refractivity contribution >= 4 is 11.7 Å². The lowest BCUT2D eigenvalue weighted by molar-refractivity contribution is -0.118. The van der Waals surface area contributed by atoms with Crippen LogP contribution < -0.4 is 5.32 Å². The molecule has 3 aromatic rings. The van der Waals surface area contributed by atoms with Crippen LogP contribution in [0.2, 0.25) is 0 Å². The number of fused-ring (bicyclic) bond motifs is 1. The molecule has 1 atom stereocenters. The number of allylic oxidation sites excluding steroid dienone is 2. The number of hydrogen-bond acceptors (Lipinski definition) is 5. The third-order valence-corrected chi connectivity index (χ3v) is 5.46. The van der Waals surface area contributed by atoms with E-state index in [2.05, 4.69) is 29.1 Å². The van der Waals surface area contributed by atoms with Crippen molar-refractivity contribution in [2.45, 2.75) is 32.7 Å². The first kappa shape index (κ1) is 17.7. The maximum Gasteiger partial charge on any atom is 0.226 e. The molecular weight excluding hydrogens is 369 g/mol. The van der Waals surface area contributed by atoms with Gasteiger partial charge in [0.05, 0.1) is 0 Å². The molecule has 0 saturated heterocycles. The molecule has 2 aliphatic rings. The number of pyridine rings is 1. The Labute approximate surface area is 167 Å². The molecule has 1 aliphatic carbocycles. The van der Waals surface area contributed by atoms with E-state index in [1.165, 1.54) is 12.1 Å². The Balaban J connectivity index is 1.69. The van der Waals surface area contributed by atoms with Crippen molar-refractivity contribution in [2.75, 3.05) is 5.32 Å². The number of nitrogens with zero attached hydrogens (tertiary/aromatic N) is 4. The summed E-state index contributed by atoms with van der Waals surface area (Å²) in [6.45, 7) is 4.18. The second kappa shape index (κ2) is 6.34. The Morgan fingerprint density at radius 2 is 1.83 bits per heavy atom. The van der Waals surface area contributed by atoms with Crippen molar-refractivity contribution in [3.05, 3.63) is 71.4 Å². The average Bonchev–Trinajstić information content (AvgIpc) is 3.10. The summed E-state index contributed by atoms with van der Waals surface area (Å²) in [4.78, 5) is 21.9. The lowest BCUT2D eigenvalue weighted by Crippen LogP contribution is -2.36. The van der Waals surface area contributed by atoms with Gasteiger partial charge in [0.2, 0.25) is 5.95 Å². The Kier molecular flexibility index (Phi) is 3.87. The van der Waals surface area contributed by atoms with Gasteiger partial charge in [-0.05, 0) is 41.7 Å². The quantitative estimate of drug-likeness (QED) is 0.713. The molecule has 146 valence electrons. The highest BCUT2D eigenvalue weighted by Gasteiger charge is 2.41. The van der Waals surface area contributed by atoms with E-state index < -0.39 is 6.04 Å². The second-order valence-corrected chi connectivity index (χ2v) is 8.35. The van der Waals surface area contributed by atoms with Crippen LogP contribution in [0.5, 0.6) is 0 Å². The minimum absolute atomic E-state index is 0.0877. The summed E-state index contributed by atoms with van der Waals surface area (Å²) in [5.41, 5.74) is 3.08. The zero-order valence-corrected chi connectivity index (χ0v) is 16.2. The summed E-state index contributed by atoms with van der Waals surface area (Å²) >= 11 is 0. The zero-order chi connectivity index (χ0) is 20.2. The number of nitrogens with one attached hydrogen (secondary N) is 1. The maximum absolute atomic E-state index is 13.6. The minimum Gasteiger partial charge on any atom is -0.328 e. The SMILES string of the molecule is CC1(C)CC(=O)C2=C(C1)Nc1nc(-c3ccncc3)nn1C2c1ccc(F)cc1. The molecule has 7 heteroatoms. The van der Waals surface area contributed by atoms with Crippen LogP contribution in [0, 0.1) is 11.2 Å². The number of anilines is 1. The van der Waals surface area contributed by atoms with Gasteiger partial charge in [-0.2, -0.15) is 4.98 Å². The van der Waals surface area contributed by atoms with Crippen molar-refractivity contribution in [3.63, 3.8) is 0 Å². The van der Waals surface area contributed by atoms with Gasteiger partial charge in [0.15, 0.2) is 11.6 Å². The molecule has 1 aromatic carbocycles. The first-order valence-corrected chi connectivity index (χ1v) is 9.57. The van der Waals surface area contributed by atoms with E-state index in [-0.39, 0.29) is 17.0 Å². The van der Waals surface area contributed by atoms with Crippen LogP contribution in [0.3, 0.4) is 0 Å². The van der Waals surface area contributed by atoms with Crippen LogP contribution in [-0.4, -0.2) is 25.5 Å². The van der Waals surface area contributed by atoms with Gasteiger partial charge in [0.25, 0.3) is 0 Å². The molecule has 3 heterocycles. The summed E-state index contributed by atoms with van der Waals surface area (Å²) in [6, 6.07) is 9.49. The van der Waals surface area contributed by atoms with E-state index in [1.807, 2.05) is 12.1 Å². The first-order chi connectivity index (χ1) is 13.9. The molecule has 6 nitrogen and oxygen atoms in total. The van der Waals surface area contributed by atoms with Gasteiger partial charge in [-0.3, -0.25) is 9.78 Å². The minimum atomic E-state index is -0.437. The summed E-state index contributed by atoms with van der Waals surface area (Å²) in [5.74, 6) is 0.901. The van der Waals surface area contributed by atoms with E-state index in [4.69, 9.17) is 5.10 Å². The van der Waals surface area contributed by atoms with Gasteiger partial charge in [0.1, 0.15) is 11.9 Å². The van der Waals surface area contributed by atoms with Gasteiger partial charge in [-0.15, -0.1) is 5.10 Å². The molecule has 1 N–H and O–H groups in total. The van der Waals surface area contributed by atoms with Gasteiger partial charge in [-0.25, -0.2) is 9.07 Å². The van der Waals surface area contributed by atoms with Gasteiger partial charge < -0.3 is 5.32 Å². The molecular formula is C22H20FN5O. The molecule has 0 spiro atoms. The average molecular weight is 389 g/mol. The number of Topliss-reactive ketones (excluding diaryl/α,β-unsaturated/α-hetero) is 1. The fourth-order valence-electron chi connectivity index (χ4n) is 4.19. The largest absolute Gasteiger partial charge is 0.328 e. The summed E-state index contributed by atoms with van der Waals surface area (Å²) < 4.78 is 15.3. The zero-order valence-electron chi connectivity index (χ0n) is 16.2. The highest BCUT2D eigenvalue weighted by atomic mass is 19.1. The lowest BCUT2D eigenvalue weighted by Gasteiger charge is -2.38. The van der Waals surface area contributed by atoms with Crippen molar-refractivity contribution < 1.29 is 9.18 Å². The molecule has 5 rings (SSSR count). The Morgan fingerprint density at radius 3 is 2.55 bits per heavy atom. The molecule has 1 aliphatic heterocycles. The predicted molar refractivity (Wildman–Crippen MR) is 106 cm³/mol. The van der Waals surface area contributed by atoms with Crippen molar-refractivity contribution in [1.29, 1.82) is 0 Å². The van der Waals surface area contributed by atoms with Crippen LogP contribution in [0.1, 0.15) is 38.3 Å². The first-order valence-electron chi connectivity index (χ1n) is 9.57. The summed E-state index contributed by atoms with van der Waals surface area (Å²) in [5, 5.41) is 8.04. The molecule has 29 heavy (non-hydrogen) atoms. The number of rotatable bonds is 2. The number of halogens is 1. The third-order valence-electron chi connectivity index (χ3n) is 5.46. The highest BCUT2D eigenvalue weighted by Crippen LogP contribution is 2.45. The Bertz CT molecular complexity index is 1130. The van der Waals surface area contributed by atoms with Gasteiger partial charge >= 0.3 is 0 Å². The van der Waals surface area contributed by atoms with E-state index >= 15 is 0 Å². The van der Waals surface area contributed by atoms with E-state index in [0.29, 0.717) is 23.8 Å². The molecule has 2 aromatic heterocycles. The number of aromatic nitrogens is 4. The van der Waals surface area contributed by atoms with Crippen LogP contribution in [0.25, 0.3) is 11.4 Å². The molecule has 0 radical (unpaired) electrons. The molecule has 0 bridgehead atoms. The van der Waals surface area contributed by atoms with Crippen LogP contribution >= 0.6 is 0 Å². The summed E-state index contributed by atoms with van der Waals surface area (Å²) in [6.07, 6.45) is 4.58. The Morgan fingerprint density at radius 1 is 1.10 bits per heavy atom. The smallest absolute Gasteiger partial charge is 0.226 e. The van der Waals surface area contributed by atoms with E-state index in [0.717, 1.165) is 23.2 Å². The van der Waals surface area contributed by atoms with Gasteiger partial charge in [-0.1, -0.05) is 26.0 Å². The van der Waals surface area contributed by atoms with Gasteiger partial charge in [0, 0.05) is 35.6 Å². The lowest BCUT2D eigenvalue weighted by atomic mass is 9.73. The third kappa shape index (κ3) is 3.03. The number of carbonyl (C=O) groups is 1. The molecule has 0 saturated carbocycles. The number of hydrogen-bond donors (Lipinski definition) is 1. The molecule has 1 unspecified atom stereocenters.